The smallest absolute Gasteiger partial charge is 0.135 e. The van der Waals surface area contributed by atoms with Gasteiger partial charge < -0.3 is 4.42 Å². The molecule has 0 atom stereocenters. The Hall–Kier alpha value is -1.76. The zero-order chi connectivity index (χ0) is 11.1. The summed E-state index contributed by atoms with van der Waals surface area (Å²) in [6, 6.07) is 12.7. The molecule has 2 aromatic heterocycles. The van der Waals surface area contributed by atoms with Crippen LogP contribution in [0.1, 0.15) is 18.1 Å². The minimum absolute atomic E-state index is 0.968. The number of hydrogen-bond donors (Lipinski definition) is 0. The zero-order valence-electron chi connectivity index (χ0n) is 9.58. The average molecular weight is 210 g/mol. The molecule has 3 aromatic rings. The molecule has 0 aliphatic rings. The number of fused-ring (bicyclic) bond motifs is 2. The molecule has 0 unspecified atom stereocenters. The van der Waals surface area contributed by atoms with Gasteiger partial charge in [-0.15, -0.1) is 0 Å². The van der Waals surface area contributed by atoms with Crippen LogP contribution in [0.4, 0.5) is 0 Å². The highest BCUT2D eigenvalue weighted by Crippen LogP contribution is 2.35. The summed E-state index contributed by atoms with van der Waals surface area (Å²) in [6.45, 7) is 4.36. The van der Waals surface area contributed by atoms with E-state index in [2.05, 4.69) is 44.2 Å². The SMILES string of the molecule is CCc1cccc(C)c1-c1cc2ccc1o2. The molecule has 0 spiro atoms. The molecule has 0 saturated heterocycles. The maximum atomic E-state index is 5.62. The predicted molar refractivity (Wildman–Crippen MR) is 67.0 cm³/mol. The first-order valence-electron chi connectivity index (χ1n) is 5.70. The molecule has 80 valence electrons. The fraction of sp³-hybridized carbons (Fsp3) is 0.200. The van der Waals surface area contributed by atoms with Crippen molar-refractivity contribution in [3.63, 3.8) is 0 Å². The largest absolute Gasteiger partial charge is 0.457 e. The molecule has 0 aliphatic carbocycles. The molecule has 0 N–H and O–H groups in total. The molecule has 2 bridgehead atoms. The molecule has 0 aliphatic heterocycles. The van der Waals surface area contributed by atoms with Gasteiger partial charge in [0.25, 0.3) is 0 Å². The van der Waals surface area contributed by atoms with E-state index in [0.29, 0.717) is 0 Å². The number of aryl methyl sites for hydroxylation is 2. The third kappa shape index (κ3) is 1.25. The molecular formula is C15H14O. The van der Waals surface area contributed by atoms with Gasteiger partial charge in [0, 0.05) is 5.56 Å². The van der Waals surface area contributed by atoms with E-state index in [1.807, 2.05) is 6.07 Å². The van der Waals surface area contributed by atoms with Gasteiger partial charge in [0.15, 0.2) is 0 Å². The second-order valence-corrected chi connectivity index (χ2v) is 4.22. The van der Waals surface area contributed by atoms with Crippen LogP contribution < -0.4 is 0 Å². The monoisotopic (exact) mass is 210 g/mol. The normalized spacial score (nSPS) is 11.4. The molecule has 0 saturated carbocycles. The standard InChI is InChI=1S/C15H14O/c1-3-11-6-4-5-10(2)15(11)13-9-12-7-8-14(13)16-12/h4-9H,3H2,1-2H3. The van der Waals surface area contributed by atoms with Gasteiger partial charge in [0.1, 0.15) is 11.2 Å². The van der Waals surface area contributed by atoms with Crippen molar-refractivity contribution < 1.29 is 4.42 Å². The molecule has 3 rings (SSSR count). The fourth-order valence-corrected chi connectivity index (χ4v) is 2.39. The van der Waals surface area contributed by atoms with Gasteiger partial charge >= 0.3 is 0 Å². The third-order valence-electron chi connectivity index (χ3n) is 3.19. The predicted octanol–water partition coefficient (Wildman–Crippen LogP) is 4.41. The Morgan fingerprint density at radius 1 is 1.12 bits per heavy atom. The lowest BCUT2D eigenvalue weighted by Gasteiger charge is -2.09. The Kier molecular flexibility index (Phi) is 2.00. The summed E-state index contributed by atoms with van der Waals surface area (Å²) in [5.41, 5.74) is 7.27. The summed E-state index contributed by atoms with van der Waals surface area (Å²) in [4.78, 5) is 0. The van der Waals surface area contributed by atoms with E-state index < -0.39 is 0 Å². The van der Waals surface area contributed by atoms with Crippen LogP contribution in [0, 0.1) is 6.92 Å². The topological polar surface area (TPSA) is 13.1 Å². The first-order valence-corrected chi connectivity index (χ1v) is 5.70. The lowest BCUT2D eigenvalue weighted by Crippen LogP contribution is -1.90. The first-order chi connectivity index (χ1) is 7.79. The maximum absolute atomic E-state index is 5.62. The first kappa shape index (κ1) is 9.46. The molecule has 1 heteroatoms. The second-order valence-electron chi connectivity index (χ2n) is 4.22. The Balaban J connectivity index is 2.29. The van der Waals surface area contributed by atoms with Gasteiger partial charge in [0.05, 0.1) is 0 Å². The van der Waals surface area contributed by atoms with Crippen molar-refractivity contribution in [2.24, 2.45) is 0 Å². The number of hydrogen-bond acceptors (Lipinski definition) is 1. The van der Waals surface area contributed by atoms with Crippen molar-refractivity contribution in [2.45, 2.75) is 20.3 Å². The molecular weight excluding hydrogens is 196 g/mol. The molecule has 1 nitrogen and oxygen atoms in total. The van der Waals surface area contributed by atoms with Crippen molar-refractivity contribution in [1.29, 1.82) is 0 Å². The van der Waals surface area contributed by atoms with Gasteiger partial charge in [-0.1, -0.05) is 25.1 Å². The fourth-order valence-electron chi connectivity index (χ4n) is 2.39. The summed E-state index contributed by atoms with van der Waals surface area (Å²) in [7, 11) is 0. The summed E-state index contributed by atoms with van der Waals surface area (Å²) >= 11 is 0. The Morgan fingerprint density at radius 2 is 2.00 bits per heavy atom. The van der Waals surface area contributed by atoms with E-state index in [-0.39, 0.29) is 0 Å². The van der Waals surface area contributed by atoms with Gasteiger partial charge in [-0.2, -0.15) is 0 Å². The van der Waals surface area contributed by atoms with Crippen LogP contribution in [0.2, 0.25) is 0 Å². The van der Waals surface area contributed by atoms with Crippen molar-refractivity contribution in [3.8, 4) is 11.1 Å². The summed E-state index contributed by atoms with van der Waals surface area (Å²) in [6.07, 6.45) is 1.06. The van der Waals surface area contributed by atoms with Crippen molar-refractivity contribution in [1.82, 2.24) is 0 Å². The molecule has 1 aromatic carbocycles. The number of rotatable bonds is 2. The van der Waals surface area contributed by atoms with Gasteiger partial charge in [-0.25, -0.2) is 0 Å². The van der Waals surface area contributed by atoms with E-state index in [4.69, 9.17) is 4.42 Å². The van der Waals surface area contributed by atoms with Crippen LogP contribution in [-0.2, 0) is 6.42 Å². The second kappa shape index (κ2) is 3.38. The Morgan fingerprint density at radius 3 is 2.62 bits per heavy atom. The molecule has 16 heavy (non-hydrogen) atoms. The van der Waals surface area contributed by atoms with Crippen LogP contribution in [-0.4, -0.2) is 0 Å². The molecule has 2 heterocycles. The minimum Gasteiger partial charge on any atom is -0.457 e. The molecule has 0 amide bonds. The molecule has 0 fully saturated rings. The number of benzene rings is 2. The van der Waals surface area contributed by atoms with Crippen molar-refractivity contribution in [2.75, 3.05) is 0 Å². The van der Waals surface area contributed by atoms with Crippen molar-refractivity contribution >= 4 is 11.2 Å². The van der Waals surface area contributed by atoms with Crippen LogP contribution in [0.3, 0.4) is 0 Å². The van der Waals surface area contributed by atoms with Crippen LogP contribution in [0.25, 0.3) is 22.3 Å². The maximum Gasteiger partial charge on any atom is 0.135 e. The quantitative estimate of drug-likeness (QED) is 0.610. The summed E-state index contributed by atoms with van der Waals surface area (Å²) in [5, 5.41) is 0. The highest BCUT2D eigenvalue weighted by Gasteiger charge is 2.13. The van der Waals surface area contributed by atoms with E-state index in [1.54, 1.807) is 0 Å². The van der Waals surface area contributed by atoms with E-state index >= 15 is 0 Å². The zero-order valence-corrected chi connectivity index (χ0v) is 9.58. The minimum atomic E-state index is 0.968. The highest BCUT2D eigenvalue weighted by molar-refractivity contribution is 5.88. The third-order valence-corrected chi connectivity index (χ3v) is 3.19. The van der Waals surface area contributed by atoms with E-state index in [9.17, 15) is 0 Å². The van der Waals surface area contributed by atoms with Crippen molar-refractivity contribution in [3.05, 3.63) is 47.5 Å². The Bertz CT molecular complexity index is 619. The molecule has 0 radical (unpaired) electrons. The summed E-state index contributed by atoms with van der Waals surface area (Å²) < 4.78 is 5.62. The van der Waals surface area contributed by atoms with E-state index in [1.165, 1.54) is 22.3 Å². The number of furan rings is 2. The highest BCUT2D eigenvalue weighted by atomic mass is 16.3. The van der Waals surface area contributed by atoms with Gasteiger partial charge in [-0.3, -0.25) is 0 Å². The average Bonchev–Trinajstić information content (AvgIpc) is 2.90. The van der Waals surface area contributed by atoms with Crippen LogP contribution in [0.5, 0.6) is 0 Å². The van der Waals surface area contributed by atoms with E-state index in [0.717, 1.165) is 17.6 Å². The Labute approximate surface area is 95.0 Å². The van der Waals surface area contributed by atoms with Crippen LogP contribution >= 0.6 is 0 Å². The lowest BCUT2D eigenvalue weighted by atomic mass is 9.94. The lowest BCUT2D eigenvalue weighted by molar-refractivity contribution is 0.676. The summed E-state index contributed by atoms with van der Waals surface area (Å²) in [5.74, 6) is 0. The van der Waals surface area contributed by atoms with Gasteiger partial charge in [-0.05, 0) is 48.2 Å². The van der Waals surface area contributed by atoms with Crippen LogP contribution in [0.15, 0.2) is 40.8 Å². The van der Waals surface area contributed by atoms with Gasteiger partial charge in [0.2, 0.25) is 0 Å².